The number of hydrogen-bond donors (Lipinski definition) is 2. The Balaban J connectivity index is 0.00000242. The van der Waals surface area contributed by atoms with E-state index in [4.69, 9.17) is 4.74 Å². The van der Waals surface area contributed by atoms with Crippen molar-refractivity contribution in [1.29, 1.82) is 0 Å². The van der Waals surface area contributed by atoms with Crippen LogP contribution in [0.3, 0.4) is 0 Å². The number of rotatable bonds is 5. The van der Waals surface area contributed by atoms with Crippen LogP contribution in [-0.4, -0.2) is 49.9 Å². The summed E-state index contributed by atoms with van der Waals surface area (Å²) in [5.74, 6) is 0.886. The van der Waals surface area contributed by atoms with E-state index in [1.807, 2.05) is 6.07 Å². The summed E-state index contributed by atoms with van der Waals surface area (Å²) >= 11 is 0. The first-order chi connectivity index (χ1) is 9.99. The molecular weight excluding hydrogens is 300 g/mol. The van der Waals surface area contributed by atoms with E-state index in [1.165, 1.54) is 11.1 Å². The zero-order chi connectivity index (χ0) is 15.5. The lowest BCUT2D eigenvalue weighted by atomic mass is 9.78. The third-order valence-corrected chi connectivity index (χ3v) is 4.44. The molecule has 1 saturated heterocycles. The maximum absolute atomic E-state index is 9.88. The molecule has 2 N–H and O–H groups in total. The quantitative estimate of drug-likeness (QED) is 0.871. The van der Waals surface area contributed by atoms with Crippen molar-refractivity contribution in [2.75, 3.05) is 39.9 Å². The maximum atomic E-state index is 9.88. The van der Waals surface area contributed by atoms with Gasteiger partial charge in [0.05, 0.1) is 7.11 Å². The fourth-order valence-corrected chi connectivity index (χ4v) is 3.22. The number of benzene rings is 1. The van der Waals surface area contributed by atoms with E-state index in [0.717, 1.165) is 31.9 Å². The summed E-state index contributed by atoms with van der Waals surface area (Å²) < 4.78 is 5.31. The lowest BCUT2D eigenvalue weighted by Gasteiger charge is -2.44. The fraction of sp³-hybridized carbons (Fsp3) is 0.647. The first-order valence-corrected chi connectivity index (χ1v) is 7.70. The third-order valence-electron chi connectivity index (χ3n) is 4.44. The average Bonchev–Trinajstić information content (AvgIpc) is 2.50. The van der Waals surface area contributed by atoms with Crippen molar-refractivity contribution >= 4 is 12.4 Å². The molecule has 22 heavy (non-hydrogen) atoms. The Morgan fingerprint density at radius 1 is 1.32 bits per heavy atom. The van der Waals surface area contributed by atoms with E-state index in [9.17, 15) is 5.11 Å². The normalized spacial score (nSPS) is 17.7. The van der Waals surface area contributed by atoms with Crippen molar-refractivity contribution < 1.29 is 9.84 Å². The van der Waals surface area contributed by atoms with Crippen LogP contribution in [0.25, 0.3) is 0 Å². The summed E-state index contributed by atoms with van der Waals surface area (Å²) in [4.78, 5) is 2.49. The summed E-state index contributed by atoms with van der Waals surface area (Å²) in [6, 6.07) is 6.47. The molecule has 0 aromatic heterocycles. The van der Waals surface area contributed by atoms with Gasteiger partial charge in [-0.05, 0) is 30.2 Å². The molecule has 0 bridgehead atoms. The molecule has 0 saturated carbocycles. The number of aryl methyl sites for hydroxylation is 1. The van der Waals surface area contributed by atoms with Crippen LogP contribution < -0.4 is 10.1 Å². The molecule has 1 aliphatic heterocycles. The van der Waals surface area contributed by atoms with E-state index in [0.29, 0.717) is 0 Å². The summed E-state index contributed by atoms with van der Waals surface area (Å²) in [6.45, 7) is 10.6. The highest BCUT2D eigenvalue weighted by atomic mass is 35.5. The van der Waals surface area contributed by atoms with Crippen LogP contribution in [0.15, 0.2) is 18.2 Å². The Morgan fingerprint density at radius 3 is 2.45 bits per heavy atom. The fourth-order valence-electron chi connectivity index (χ4n) is 3.22. The molecule has 0 radical (unpaired) electrons. The van der Waals surface area contributed by atoms with Gasteiger partial charge >= 0.3 is 0 Å². The second-order valence-electron chi connectivity index (χ2n) is 6.56. The lowest BCUT2D eigenvalue weighted by Crippen LogP contribution is -2.49. The Bertz CT molecular complexity index is 474. The van der Waals surface area contributed by atoms with Gasteiger partial charge < -0.3 is 15.2 Å². The first kappa shape index (κ1) is 19.2. The molecule has 2 rings (SSSR count). The summed E-state index contributed by atoms with van der Waals surface area (Å²) in [7, 11) is 1.69. The predicted molar refractivity (Wildman–Crippen MR) is 93.0 cm³/mol. The molecule has 5 heteroatoms. The van der Waals surface area contributed by atoms with Gasteiger partial charge in [0, 0.05) is 44.2 Å². The van der Waals surface area contributed by atoms with Crippen molar-refractivity contribution in [3.05, 3.63) is 29.3 Å². The van der Waals surface area contributed by atoms with E-state index in [1.54, 1.807) is 7.11 Å². The predicted octanol–water partition coefficient (Wildman–Crippen LogP) is 2.39. The third kappa shape index (κ3) is 4.13. The highest BCUT2D eigenvalue weighted by Gasteiger charge is 2.36. The lowest BCUT2D eigenvalue weighted by molar-refractivity contribution is 0.0302. The molecular formula is C17H29ClN2O2. The molecule has 126 valence electrons. The number of ether oxygens (including phenoxy) is 1. The van der Waals surface area contributed by atoms with Crippen LogP contribution in [0.2, 0.25) is 0 Å². The van der Waals surface area contributed by atoms with Gasteiger partial charge in [-0.3, -0.25) is 4.90 Å². The van der Waals surface area contributed by atoms with Gasteiger partial charge in [0.15, 0.2) is 0 Å². The number of aliphatic hydroxyl groups is 1. The van der Waals surface area contributed by atoms with Gasteiger partial charge in [0.2, 0.25) is 0 Å². The van der Waals surface area contributed by atoms with Gasteiger partial charge in [-0.15, -0.1) is 12.4 Å². The molecule has 1 aliphatic rings. The van der Waals surface area contributed by atoms with E-state index >= 15 is 0 Å². The molecule has 1 atom stereocenters. The van der Waals surface area contributed by atoms with Crippen molar-refractivity contribution in [1.82, 2.24) is 10.2 Å². The number of halogens is 1. The van der Waals surface area contributed by atoms with Gasteiger partial charge in [-0.2, -0.15) is 0 Å². The first-order valence-electron chi connectivity index (χ1n) is 7.70. The van der Waals surface area contributed by atoms with Crippen LogP contribution in [0, 0.1) is 12.3 Å². The largest absolute Gasteiger partial charge is 0.497 e. The van der Waals surface area contributed by atoms with Crippen LogP contribution in [-0.2, 0) is 0 Å². The molecule has 0 amide bonds. The molecule has 0 aliphatic carbocycles. The van der Waals surface area contributed by atoms with Crippen molar-refractivity contribution in [2.24, 2.45) is 5.41 Å². The van der Waals surface area contributed by atoms with Crippen LogP contribution in [0.4, 0.5) is 0 Å². The van der Waals surface area contributed by atoms with Gasteiger partial charge in [0.1, 0.15) is 5.75 Å². The second kappa shape index (κ2) is 8.16. The molecule has 0 spiro atoms. The zero-order valence-electron chi connectivity index (χ0n) is 14.1. The smallest absolute Gasteiger partial charge is 0.119 e. The zero-order valence-corrected chi connectivity index (χ0v) is 14.9. The summed E-state index contributed by atoms with van der Waals surface area (Å²) in [5.41, 5.74) is 2.33. The highest BCUT2D eigenvalue weighted by Crippen LogP contribution is 2.40. The summed E-state index contributed by atoms with van der Waals surface area (Å²) in [5, 5.41) is 13.3. The molecule has 0 unspecified atom stereocenters. The molecule has 1 aromatic carbocycles. The minimum absolute atomic E-state index is 0. The number of nitrogens with zero attached hydrogens (tertiary/aromatic N) is 1. The van der Waals surface area contributed by atoms with Crippen LogP contribution in [0.5, 0.6) is 5.75 Å². The van der Waals surface area contributed by atoms with Crippen LogP contribution >= 0.6 is 12.4 Å². The van der Waals surface area contributed by atoms with Gasteiger partial charge in [0.25, 0.3) is 0 Å². The maximum Gasteiger partial charge on any atom is 0.119 e. The van der Waals surface area contributed by atoms with Gasteiger partial charge in [-0.1, -0.05) is 19.9 Å². The average molecular weight is 329 g/mol. The van der Waals surface area contributed by atoms with Crippen LogP contribution in [0.1, 0.15) is 31.0 Å². The van der Waals surface area contributed by atoms with E-state index < -0.39 is 0 Å². The van der Waals surface area contributed by atoms with E-state index in [-0.39, 0.29) is 30.5 Å². The highest BCUT2D eigenvalue weighted by molar-refractivity contribution is 5.85. The Hall–Kier alpha value is -0.810. The Morgan fingerprint density at radius 2 is 1.95 bits per heavy atom. The van der Waals surface area contributed by atoms with Crippen molar-refractivity contribution in [2.45, 2.75) is 26.8 Å². The van der Waals surface area contributed by atoms with E-state index in [2.05, 4.69) is 43.1 Å². The van der Waals surface area contributed by atoms with Crippen molar-refractivity contribution in [3.63, 3.8) is 0 Å². The molecule has 4 nitrogen and oxygen atoms in total. The number of hydrogen-bond acceptors (Lipinski definition) is 4. The molecule has 1 aromatic rings. The minimum atomic E-state index is -0.184. The second-order valence-corrected chi connectivity index (χ2v) is 6.56. The number of nitrogens with one attached hydrogen (secondary N) is 1. The molecule has 1 heterocycles. The summed E-state index contributed by atoms with van der Waals surface area (Å²) in [6.07, 6.45) is 0. The van der Waals surface area contributed by atoms with Crippen molar-refractivity contribution in [3.8, 4) is 5.75 Å². The number of methoxy groups -OCH3 is 1. The molecule has 1 fully saturated rings. The minimum Gasteiger partial charge on any atom is -0.497 e. The Kier molecular flexibility index (Phi) is 7.13. The van der Waals surface area contributed by atoms with Gasteiger partial charge in [-0.25, -0.2) is 0 Å². The monoisotopic (exact) mass is 328 g/mol. The number of piperazine rings is 1. The SMILES string of the molecule is COc1ccc([C@@H](N2CCNCC2)C(C)(C)CO)c(C)c1.Cl. The number of aliphatic hydroxyl groups excluding tert-OH is 1. The topological polar surface area (TPSA) is 44.7 Å². The Labute approximate surface area is 140 Å². The standard InChI is InChI=1S/C17H28N2O2.ClH/c1-13-11-14(21-4)5-6-15(13)16(17(2,3)12-20)19-9-7-18-8-10-19;/h5-6,11,16,18,20H,7-10,12H2,1-4H3;1H/t16-;/m1./s1.